The first-order valence-corrected chi connectivity index (χ1v) is 9.79. The molecule has 3 nitrogen and oxygen atoms in total. The Kier molecular flexibility index (Phi) is 6.39. The van der Waals surface area contributed by atoms with E-state index < -0.39 is 0 Å². The van der Waals surface area contributed by atoms with Crippen LogP contribution in [0.5, 0.6) is 0 Å². The van der Waals surface area contributed by atoms with Crippen LogP contribution in [0.1, 0.15) is 18.4 Å². The van der Waals surface area contributed by atoms with Crippen molar-refractivity contribution in [1.29, 1.82) is 0 Å². The van der Waals surface area contributed by atoms with Crippen LogP contribution in [0.2, 0.25) is 10.0 Å². The molecule has 2 aromatic carbocycles. The third-order valence-electron chi connectivity index (χ3n) is 4.44. The van der Waals surface area contributed by atoms with Gasteiger partial charge in [-0.3, -0.25) is 9.69 Å². The van der Waals surface area contributed by atoms with Crippen molar-refractivity contribution in [3.8, 4) is 0 Å². The van der Waals surface area contributed by atoms with Gasteiger partial charge in [0, 0.05) is 22.0 Å². The van der Waals surface area contributed by atoms with Gasteiger partial charge in [0.1, 0.15) is 0 Å². The second kappa shape index (κ2) is 8.54. The highest BCUT2D eigenvalue weighted by atomic mass is 79.9. The van der Waals surface area contributed by atoms with Crippen LogP contribution in [0.25, 0.3) is 0 Å². The van der Waals surface area contributed by atoms with Gasteiger partial charge in [-0.2, -0.15) is 0 Å². The minimum atomic E-state index is 0.00816. The Bertz CT molecular complexity index is 761. The van der Waals surface area contributed by atoms with E-state index in [1.54, 1.807) is 18.2 Å². The minimum Gasteiger partial charge on any atom is -0.324 e. The molecule has 132 valence electrons. The van der Waals surface area contributed by atoms with Crippen LogP contribution in [0, 0.1) is 5.92 Å². The van der Waals surface area contributed by atoms with Gasteiger partial charge in [-0.15, -0.1) is 0 Å². The maximum Gasteiger partial charge on any atom is 0.227 e. The quantitative estimate of drug-likeness (QED) is 0.668. The fourth-order valence-corrected chi connectivity index (χ4v) is 3.86. The summed E-state index contributed by atoms with van der Waals surface area (Å²) < 4.78 is 1.10. The summed E-state index contributed by atoms with van der Waals surface area (Å²) in [6, 6.07) is 13.4. The number of nitrogens with zero attached hydrogens (tertiary/aromatic N) is 1. The molecule has 1 aliphatic heterocycles. The number of hydrogen-bond acceptors (Lipinski definition) is 2. The number of likely N-dealkylation sites (tertiary alicyclic amines) is 1. The summed E-state index contributed by atoms with van der Waals surface area (Å²) in [6.45, 7) is 2.73. The third kappa shape index (κ3) is 5.20. The molecule has 0 aromatic heterocycles. The lowest BCUT2D eigenvalue weighted by Gasteiger charge is -2.31. The van der Waals surface area contributed by atoms with E-state index in [0.717, 1.165) is 36.9 Å². The summed E-state index contributed by atoms with van der Waals surface area (Å²) in [6.07, 6.45) is 1.69. The molecule has 0 unspecified atom stereocenters. The molecule has 6 heteroatoms. The van der Waals surface area contributed by atoms with Crippen molar-refractivity contribution in [2.45, 2.75) is 19.4 Å². The number of anilines is 1. The van der Waals surface area contributed by atoms with E-state index in [2.05, 4.69) is 38.3 Å². The molecule has 0 saturated carbocycles. The summed E-state index contributed by atoms with van der Waals surface area (Å²) in [7, 11) is 0. The molecule has 0 radical (unpaired) electrons. The van der Waals surface area contributed by atoms with Crippen LogP contribution in [0.3, 0.4) is 0 Å². The zero-order valence-corrected chi connectivity index (χ0v) is 16.7. The monoisotopic (exact) mass is 440 g/mol. The largest absolute Gasteiger partial charge is 0.324 e. The second-order valence-electron chi connectivity index (χ2n) is 6.29. The first kappa shape index (κ1) is 18.7. The number of carbonyl (C=O) groups excluding carboxylic acids is 1. The van der Waals surface area contributed by atoms with Crippen molar-refractivity contribution >= 4 is 50.7 Å². The van der Waals surface area contributed by atoms with Crippen molar-refractivity contribution in [1.82, 2.24) is 4.90 Å². The SMILES string of the molecule is O=C(Nc1cc(Cl)ccc1Cl)C1CCN(Cc2cccc(Br)c2)CC1. The number of benzene rings is 2. The second-order valence-corrected chi connectivity index (χ2v) is 8.05. The van der Waals surface area contributed by atoms with E-state index in [9.17, 15) is 4.79 Å². The highest BCUT2D eigenvalue weighted by molar-refractivity contribution is 9.10. The van der Waals surface area contributed by atoms with Crippen LogP contribution in [0.15, 0.2) is 46.9 Å². The number of carbonyl (C=O) groups is 1. The molecule has 3 rings (SSSR count). The maximum atomic E-state index is 12.5. The van der Waals surface area contributed by atoms with Gasteiger partial charge >= 0.3 is 0 Å². The third-order valence-corrected chi connectivity index (χ3v) is 5.50. The average molecular weight is 442 g/mol. The van der Waals surface area contributed by atoms with Crippen LogP contribution in [-0.2, 0) is 11.3 Å². The van der Waals surface area contributed by atoms with Gasteiger partial charge < -0.3 is 5.32 Å². The molecule has 1 saturated heterocycles. The normalized spacial score (nSPS) is 16.0. The van der Waals surface area contributed by atoms with Gasteiger partial charge in [0.25, 0.3) is 0 Å². The van der Waals surface area contributed by atoms with Crippen molar-refractivity contribution in [2.24, 2.45) is 5.92 Å². The van der Waals surface area contributed by atoms with Gasteiger partial charge in [0.15, 0.2) is 0 Å². The summed E-state index contributed by atoms with van der Waals surface area (Å²) in [5, 5.41) is 3.98. The predicted octanol–water partition coefficient (Wildman–Crippen LogP) is 5.61. The summed E-state index contributed by atoms with van der Waals surface area (Å²) in [5.74, 6) is 0.0279. The lowest BCUT2D eigenvalue weighted by Crippen LogP contribution is -2.37. The van der Waals surface area contributed by atoms with Crippen LogP contribution < -0.4 is 5.32 Å². The zero-order chi connectivity index (χ0) is 17.8. The van der Waals surface area contributed by atoms with E-state index in [4.69, 9.17) is 23.2 Å². The lowest BCUT2D eigenvalue weighted by atomic mass is 9.95. The number of rotatable bonds is 4. The maximum absolute atomic E-state index is 12.5. The molecular formula is C19H19BrCl2N2O. The first-order chi connectivity index (χ1) is 12.0. The number of hydrogen-bond donors (Lipinski definition) is 1. The van der Waals surface area contributed by atoms with Gasteiger partial charge in [-0.25, -0.2) is 0 Å². The fourth-order valence-electron chi connectivity index (χ4n) is 3.07. The Morgan fingerprint density at radius 3 is 2.64 bits per heavy atom. The van der Waals surface area contributed by atoms with E-state index in [1.807, 2.05) is 12.1 Å². The fraction of sp³-hybridized carbons (Fsp3) is 0.316. The molecule has 0 spiro atoms. The van der Waals surface area contributed by atoms with Gasteiger partial charge in [-0.05, 0) is 61.8 Å². The molecule has 1 fully saturated rings. The number of halogens is 3. The standard InChI is InChI=1S/C19H19BrCl2N2O/c20-15-3-1-2-13(10-15)12-24-8-6-14(7-9-24)19(25)23-18-11-16(21)4-5-17(18)22/h1-5,10-11,14H,6-9,12H2,(H,23,25). The van der Waals surface area contributed by atoms with Crippen LogP contribution >= 0.6 is 39.1 Å². The van der Waals surface area contributed by atoms with E-state index in [-0.39, 0.29) is 11.8 Å². The molecule has 1 amide bonds. The van der Waals surface area contributed by atoms with Crippen molar-refractivity contribution < 1.29 is 4.79 Å². The van der Waals surface area contributed by atoms with E-state index in [1.165, 1.54) is 5.56 Å². The Morgan fingerprint density at radius 2 is 1.92 bits per heavy atom. The topological polar surface area (TPSA) is 32.3 Å². The predicted molar refractivity (Wildman–Crippen MR) is 107 cm³/mol. The van der Waals surface area contributed by atoms with Crippen molar-refractivity contribution in [3.63, 3.8) is 0 Å². The molecular weight excluding hydrogens is 423 g/mol. The Hall–Kier alpha value is -1.07. The molecule has 0 atom stereocenters. The summed E-state index contributed by atoms with van der Waals surface area (Å²) >= 11 is 15.6. The highest BCUT2D eigenvalue weighted by Crippen LogP contribution is 2.27. The molecule has 1 aliphatic rings. The van der Waals surface area contributed by atoms with Crippen molar-refractivity contribution in [3.05, 3.63) is 62.5 Å². The molecule has 0 bridgehead atoms. The van der Waals surface area contributed by atoms with Crippen molar-refractivity contribution in [2.75, 3.05) is 18.4 Å². The Balaban J connectivity index is 1.53. The summed E-state index contributed by atoms with van der Waals surface area (Å²) in [4.78, 5) is 14.9. The smallest absolute Gasteiger partial charge is 0.227 e. The lowest BCUT2D eigenvalue weighted by molar-refractivity contribution is -0.121. The van der Waals surface area contributed by atoms with Gasteiger partial charge in [0.05, 0.1) is 10.7 Å². The molecule has 0 aliphatic carbocycles. The first-order valence-electron chi connectivity index (χ1n) is 8.24. The highest BCUT2D eigenvalue weighted by Gasteiger charge is 2.25. The molecule has 1 N–H and O–H groups in total. The molecule has 1 heterocycles. The van der Waals surface area contributed by atoms with Gasteiger partial charge in [0.2, 0.25) is 5.91 Å². The number of amides is 1. The van der Waals surface area contributed by atoms with Gasteiger partial charge in [-0.1, -0.05) is 51.3 Å². The van der Waals surface area contributed by atoms with E-state index >= 15 is 0 Å². The molecule has 25 heavy (non-hydrogen) atoms. The zero-order valence-electron chi connectivity index (χ0n) is 13.6. The van der Waals surface area contributed by atoms with E-state index in [0.29, 0.717) is 15.7 Å². The summed E-state index contributed by atoms with van der Waals surface area (Å²) in [5.41, 5.74) is 1.86. The minimum absolute atomic E-state index is 0.00816. The van der Waals surface area contributed by atoms with Crippen LogP contribution in [0.4, 0.5) is 5.69 Å². The van der Waals surface area contributed by atoms with Crippen LogP contribution in [-0.4, -0.2) is 23.9 Å². The number of piperidine rings is 1. The molecule has 2 aromatic rings. The number of nitrogens with one attached hydrogen (secondary N) is 1. The Morgan fingerprint density at radius 1 is 1.16 bits per heavy atom. The average Bonchev–Trinajstić information content (AvgIpc) is 2.59. The Labute approximate surface area is 166 Å².